The monoisotopic (exact) mass is 439 g/mol. The number of amides is 3. The first-order valence-electron chi connectivity index (χ1n) is 10.4. The number of benzene rings is 1. The zero-order valence-corrected chi connectivity index (χ0v) is 19.0. The number of hydrogen-bond donors (Lipinski definition) is 3. The summed E-state index contributed by atoms with van der Waals surface area (Å²) in [5.74, 6) is -0.285. The molecule has 0 radical (unpaired) electrons. The summed E-state index contributed by atoms with van der Waals surface area (Å²) in [6, 6.07) is 2.13. The van der Waals surface area contributed by atoms with E-state index in [1.807, 2.05) is 20.8 Å². The quantitative estimate of drug-likeness (QED) is 0.452. The van der Waals surface area contributed by atoms with Crippen LogP contribution in [0.15, 0.2) is 12.1 Å². The number of alkyl carbamates (subject to hydrolysis) is 1. The van der Waals surface area contributed by atoms with Crippen LogP contribution in [-0.4, -0.2) is 50.4 Å². The van der Waals surface area contributed by atoms with E-state index >= 15 is 0 Å². The summed E-state index contributed by atoms with van der Waals surface area (Å²) in [6.07, 6.45) is -0.711. The Hall–Kier alpha value is -3.17. The molecule has 3 N–H and O–H groups in total. The van der Waals surface area contributed by atoms with Gasteiger partial charge in [-0.2, -0.15) is 0 Å². The van der Waals surface area contributed by atoms with E-state index in [1.54, 1.807) is 20.8 Å². The van der Waals surface area contributed by atoms with E-state index in [-0.39, 0.29) is 18.1 Å². The second-order valence-electron chi connectivity index (χ2n) is 6.63. The maximum absolute atomic E-state index is 12.7. The highest BCUT2D eigenvalue weighted by atomic mass is 16.5. The van der Waals surface area contributed by atoms with Crippen LogP contribution < -0.4 is 30.4 Å². The fourth-order valence-corrected chi connectivity index (χ4v) is 2.62. The van der Waals surface area contributed by atoms with Gasteiger partial charge in [0, 0.05) is 5.56 Å². The van der Waals surface area contributed by atoms with Crippen molar-refractivity contribution in [3.63, 3.8) is 0 Å². The average Bonchev–Trinajstić information content (AvgIpc) is 2.72. The fourth-order valence-electron chi connectivity index (χ4n) is 2.62. The fraction of sp³-hybridized carbons (Fsp3) is 0.571. The van der Waals surface area contributed by atoms with Crippen molar-refractivity contribution in [1.82, 2.24) is 16.2 Å². The summed E-state index contributed by atoms with van der Waals surface area (Å²) in [5.41, 5.74) is 4.88. The minimum Gasteiger partial charge on any atom is -0.490 e. The third-order valence-electron chi connectivity index (χ3n) is 3.97. The second kappa shape index (κ2) is 13.2. The van der Waals surface area contributed by atoms with Crippen LogP contribution in [0, 0.1) is 5.92 Å². The Morgan fingerprint density at radius 1 is 0.839 bits per heavy atom. The Balaban J connectivity index is 2.99. The molecule has 0 heterocycles. The molecule has 0 aliphatic rings. The summed E-state index contributed by atoms with van der Waals surface area (Å²) in [4.78, 5) is 36.8. The van der Waals surface area contributed by atoms with Crippen molar-refractivity contribution in [2.45, 2.75) is 47.6 Å². The van der Waals surface area contributed by atoms with Crippen LogP contribution in [0.1, 0.15) is 51.9 Å². The van der Waals surface area contributed by atoms with E-state index < -0.39 is 23.9 Å². The summed E-state index contributed by atoms with van der Waals surface area (Å²) in [5, 5.41) is 2.47. The van der Waals surface area contributed by atoms with Crippen molar-refractivity contribution in [2.24, 2.45) is 5.92 Å². The van der Waals surface area contributed by atoms with Gasteiger partial charge in [-0.15, -0.1) is 0 Å². The molecule has 174 valence electrons. The van der Waals surface area contributed by atoms with Crippen LogP contribution in [0.4, 0.5) is 4.79 Å². The lowest BCUT2D eigenvalue weighted by molar-refractivity contribution is -0.124. The van der Waals surface area contributed by atoms with Crippen LogP contribution in [-0.2, 0) is 9.53 Å². The molecule has 0 saturated carbocycles. The number of carbonyl (C=O) groups excluding carboxylic acids is 3. The molecule has 0 aliphatic heterocycles. The molecule has 10 nitrogen and oxygen atoms in total. The normalized spacial score (nSPS) is 11.3. The van der Waals surface area contributed by atoms with E-state index in [9.17, 15) is 14.4 Å². The Bertz CT molecular complexity index is 725. The Morgan fingerprint density at radius 3 is 1.84 bits per heavy atom. The first-order chi connectivity index (χ1) is 14.8. The van der Waals surface area contributed by atoms with Gasteiger partial charge in [-0.25, -0.2) is 4.79 Å². The van der Waals surface area contributed by atoms with E-state index in [4.69, 9.17) is 18.9 Å². The van der Waals surface area contributed by atoms with E-state index in [0.29, 0.717) is 37.1 Å². The third-order valence-corrected chi connectivity index (χ3v) is 3.97. The van der Waals surface area contributed by atoms with Crippen molar-refractivity contribution in [3.8, 4) is 17.2 Å². The zero-order chi connectivity index (χ0) is 23.4. The molecule has 1 aromatic carbocycles. The lowest BCUT2D eigenvalue weighted by Gasteiger charge is -2.21. The smallest absolute Gasteiger partial charge is 0.407 e. The number of ether oxygens (including phenoxy) is 4. The number of rotatable bonds is 11. The van der Waals surface area contributed by atoms with Crippen LogP contribution in [0.3, 0.4) is 0 Å². The molecule has 0 saturated heterocycles. The Morgan fingerprint density at radius 2 is 1.39 bits per heavy atom. The second-order valence-corrected chi connectivity index (χ2v) is 6.63. The van der Waals surface area contributed by atoms with Gasteiger partial charge in [0.15, 0.2) is 11.5 Å². The maximum Gasteiger partial charge on any atom is 0.407 e. The van der Waals surface area contributed by atoms with Crippen molar-refractivity contribution in [2.75, 3.05) is 26.4 Å². The highest BCUT2D eigenvalue weighted by Gasteiger charge is 2.25. The summed E-state index contributed by atoms with van der Waals surface area (Å²) in [7, 11) is 0. The van der Waals surface area contributed by atoms with Crippen LogP contribution in [0.5, 0.6) is 17.2 Å². The van der Waals surface area contributed by atoms with Gasteiger partial charge in [-0.1, -0.05) is 13.8 Å². The summed E-state index contributed by atoms with van der Waals surface area (Å²) in [6.45, 7) is 11.9. The highest BCUT2D eigenvalue weighted by Crippen LogP contribution is 2.39. The Kier molecular flexibility index (Phi) is 11.0. The standard InChI is InChI=1S/C21H33N3O7/c1-7-28-15-11-14(12-16(29-8-2)18(15)30-9-3)19(25)23-24-20(26)17(13(5)6)22-21(27)31-10-4/h11-13,17H,7-10H2,1-6H3,(H,22,27)(H,23,25)(H,24,26). The van der Waals surface area contributed by atoms with Gasteiger partial charge in [-0.3, -0.25) is 20.4 Å². The van der Waals surface area contributed by atoms with Crippen molar-refractivity contribution >= 4 is 17.9 Å². The van der Waals surface area contributed by atoms with Crippen molar-refractivity contribution in [3.05, 3.63) is 17.7 Å². The Labute approximate surface area is 182 Å². The largest absolute Gasteiger partial charge is 0.490 e. The van der Waals surface area contributed by atoms with Crippen molar-refractivity contribution < 1.29 is 33.3 Å². The number of hydrazine groups is 1. The zero-order valence-electron chi connectivity index (χ0n) is 19.0. The number of nitrogens with one attached hydrogen (secondary N) is 3. The van der Waals surface area contributed by atoms with Crippen LogP contribution in [0.2, 0.25) is 0 Å². The highest BCUT2D eigenvalue weighted by molar-refractivity contribution is 5.97. The number of carbonyl (C=O) groups is 3. The maximum atomic E-state index is 12.7. The van der Waals surface area contributed by atoms with Crippen LogP contribution >= 0.6 is 0 Å². The van der Waals surface area contributed by atoms with E-state index in [0.717, 1.165) is 0 Å². The molecular weight excluding hydrogens is 406 g/mol. The van der Waals surface area contributed by atoms with E-state index in [2.05, 4.69) is 16.2 Å². The minimum atomic E-state index is -0.891. The van der Waals surface area contributed by atoms with Gasteiger partial charge in [0.25, 0.3) is 11.8 Å². The van der Waals surface area contributed by atoms with Gasteiger partial charge in [0.2, 0.25) is 5.75 Å². The van der Waals surface area contributed by atoms with E-state index in [1.165, 1.54) is 12.1 Å². The molecule has 0 aliphatic carbocycles. The topological polar surface area (TPSA) is 124 Å². The van der Waals surface area contributed by atoms with Gasteiger partial charge in [0.1, 0.15) is 6.04 Å². The van der Waals surface area contributed by atoms with Gasteiger partial charge in [-0.05, 0) is 45.7 Å². The van der Waals surface area contributed by atoms with Gasteiger partial charge in [0.05, 0.1) is 26.4 Å². The SMILES string of the molecule is CCOC(=O)NC(C(=O)NNC(=O)c1cc(OCC)c(OCC)c(OCC)c1)C(C)C. The number of hydrogen-bond acceptors (Lipinski definition) is 7. The molecule has 10 heteroatoms. The van der Waals surface area contributed by atoms with Crippen LogP contribution in [0.25, 0.3) is 0 Å². The molecule has 0 bridgehead atoms. The molecule has 0 spiro atoms. The first kappa shape index (κ1) is 25.9. The van der Waals surface area contributed by atoms with Gasteiger partial charge < -0.3 is 24.3 Å². The van der Waals surface area contributed by atoms with Crippen molar-refractivity contribution in [1.29, 1.82) is 0 Å². The molecule has 1 aromatic rings. The predicted molar refractivity (Wildman–Crippen MR) is 114 cm³/mol. The lowest BCUT2D eigenvalue weighted by atomic mass is 10.0. The molecule has 0 aromatic heterocycles. The molecular formula is C21H33N3O7. The first-order valence-corrected chi connectivity index (χ1v) is 10.4. The third kappa shape index (κ3) is 7.88. The molecule has 1 atom stereocenters. The molecule has 0 fully saturated rings. The average molecular weight is 440 g/mol. The molecule has 31 heavy (non-hydrogen) atoms. The summed E-state index contributed by atoms with van der Waals surface area (Å²) < 4.78 is 21.6. The molecule has 1 unspecified atom stereocenters. The summed E-state index contributed by atoms with van der Waals surface area (Å²) >= 11 is 0. The predicted octanol–water partition coefficient (Wildman–Crippen LogP) is 2.41. The minimum absolute atomic E-state index is 0.178. The lowest BCUT2D eigenvalue weighted by Crippen LogP contribution is -2.54. The molecule has 3 amide bonds. The molecule has 1 rings (SSSR count). The van der Waals surface area contributed by atoms with Gasteiger partial charge >= 0.3 is 6.09 Å².